The summed E-state index contributed by atoms with van der Waals surface area (Å²) in [6.07, 6.45) is 3.08. The number of thioether (sulfide) groups is 1. The van der Waals surface area contributed by atoms with Gasteiger partial charge in [0.1, 0.15) is 5.76 Å². The first-order chi connectivity index (χ1) is 11.5. The predicted molar refractivity (Wildman–Crippen MR) is 92.7 cm³/mol. The van der Waals surface area contributed by atoms with Crippen LogP contribution in [0.4, 0.5) is 0 Å². The molecule has 1 amide bonds. The first-order valence-electron chi connectivity index (χ1n) is 7.16. The van der Waals surface area contributed by atoms with E-state index in [2.05, 4.69) is 4.40 Å². The summed E-state index contributed by atoms with van der Waals surface area (Å²) in [4.78, 5) is 14.2. The minimum absolute atomic E-state index is 0.0880. The molecule has 0 unspecified atom stereocenters. The van der Waals surface area contributed by atoms with Crippen LogP contribution in [0.25, 0.3) is 6.08 Å². The van der Waals surface area contributed by atoms with Crippen LogP contribution in [0.2, 0.25) is 0 Å². The minimum Gasteiger partial charge on any atom is -0.465 e. The number of carbonyl (C=O) groups is 1. The minimum atomic E-state index is -3.87. The molecule has 0 N–H and O–H groups in total. The van der Waals surface area contributed by atoms with Crippen molar-refractivity contribution in [3.63, 3.8) is 0 Å². The summed E-state index contributed by atoms with van der Waals surface area (Å²) in [5, 5.41) is 0.143. The van der Waals surface area contributed by atoms with E-state index in [0.29, 0.717) is 17.2 Å². The van der Waals surface area contributed by atoms with E-state index >= 15 is 0 Å². The lowest BCUT2D eigenvalue weighted by Gasteiger charge is -2.11. The zero-order chi connectivity index (χ0) is 17.2. The first-order valence-corrected chi connectivity index (χ1v) is 9.42. The van der Waals surface area contributed by atoms with E-state index in [1.54, 1.807) is 43.3 Å². The quantitative estimate of drug-likeness (QED) is 0.781. The molecule has 2 aromatic rings. The molecule has 0 atom stereocenters. The molecule has 0 aliphatic carbocycles. The molecule has 2 heterocycles. The molecule has 3 rings (SSSR count). The fraction of sp³-hybridized carbons (Fsp3) is 0.125. The Kier molecular flexibility index (Phi) is 4.59. The highest BCUT2D eigenvalue weighted by Gasteiger charge is 2.34. The number of furan rings is 1. The second-order valence-corrected chi connectivity index (χ2v) is 7.45. The summed E-state index contributed by atoms with van der Waals surface area (Å²) in [6.45, 7) is 2.09. The Bertz CT molecular complexity index is 901. The maximum absolute atomic E-state index is 12.4. The normalized spacial score (nSPS) is 18.7. The SMILES string of the molecule is CCN1C(=O)C(=Cc2ccco2)SC1=NS(=O)(=O)c1ccccc1. The average molecular weight is 362 g/mol. The van der Waals surface area contributed by atoms with Crippen molar-refractivity contribution in [1.29, 1.82) is 0 Å². The molecule has 0 bridgehead atoms. The zero-order valence-corrected chi connectivity index (χ0v) is 14.4. The van der Waals surface area contributed by atoms with Gasteiger partial charge in [-0.05, 0) is 43.0 Å². The van der Waals surface area contributed by atoms with Gasteiger partial charge in [-0.2, -0.15) is 8.42 Å². The Morgan fingerprint density at radius 2 is 1.96 bits per heavy atom. The number of nitrogens with zero attached hydrogens (tertiary/aromatic N) is 2. The van der Waals surface area contributed by atoms with E-state index in [0.717, 1.165) is 11.8 Å². The molecule has 1 fully saturated rings. The number of amides is 1. The van der Waals surface area contributed by atoms with Gasteiger partial charge in [0.2, 0.25) is 0 Å². The van der Waals surface area contributed by atoms with E-state index in [-0.39, 0.29) is 16.0 Å². The third kappa shape index (κ3) is 3.29. The highest BCUT2D eigenvalue weighted by molar-refractivity contribution is 8.19. The molecular formula is C16H14N2O4S2. The highest BCUT2D eigenvalue weighted by atomic mass is 32.2. The number of likely N-dealkylation sites (N-methyl/N-ethyl adjacent to an activating group) is 1. The molecule has 1 aromatic carbocycles. The molecule has 8 heteroatoms. The number of benzene rings is 1. The summed E-state index contributed by atoms with van der Waals surface area (Å²) in [5.41, 5.74) is 0. The van der Waals surface area contributed by atoms with Crippen LogP contribution in [0, 0.1) is 0 Å². The predicted octanol–water partition coefficient (Wildman–Crippen LogP) is 2.96. The monoisotopic (exact) mass is 362 g/mol. The fourth-order valence-electron chi connectivity index (χ4n) is 2.11. The molecule has 1 aliphatic heterocycles. The van der Waals surface area contributed by atoms with E-state index in [4.69, 9.17) is 4.42 Å². The molecule has 24 heavy (non-hydrogen) atoms. The van der Waals surface area contributed by atoms with Gasteiger partial charge < -0.3 is 4.42 Å². The van der Waals surface area contributed by atoms with Crippen LogP contribution in [0.5, 0.6) is 0 Å². The Morgan fingerprint density at radius 1 is 1.21 bits per heavy atom. The van der Waals surface area contributed by atoms with Crippen molar-refractivity contribution in [2.45, 2.75) is 11.8 Å². The van der Waals surface area contributed by atoms with Crippen molar-refractivity contribution in [3.8, 4) is 0 Å². The van der Waals surface area contributed by atoms with Gasteiger partial charge in [-0.15, -0.1) is 4.40 Å². The van der Waals surface area contributed by atoms with Crippen LogP contribution in [-0.2, 0) is 14.8 Å². The first kappa shape index (κ1) is 16.5. The number of rotatable bonds is 4. The van der Waals surface area contributed by atoms with Gasteiger partial charge in [-0.25, -0.2) is 0 Å². The van der Waals surface area contributed by atoms with Crippen molar-refractivity contribution in [3.05, 3.63) is 59.4 Å². The maximum Gasteiger partial charge on any atom is 0.284 e. The molecule has 1 aromatic heterocycles. The third-order valence-corrected chi connectivity index (χ3v) is 5.66. The molecule has 1 saturated heterocycles. The van der Waals surface area contributed by atoms with Crippen molar-refractivity contribution < 1.29 is 17.6 Å². The van der Waals surface area contributed by atoms with Gasteiger partial charge in [-0.1, -0.05) is 18.2 Å². The number of sulfonamides is 1. The molecule has 124 valence electrons. The van der Waals surface area contributed by atoms with E-state index in [1.807, 2.05) is 0 Å². The van der Waals surface area contributed by atoms with Crippen LogP contribution < -0.4 is 0 Å². The number of hydrogen-bond donors (Lipinski definition) is 0. The fourth-order valence-corrected chi connectivity index (χ4v) is 4.35. The van der Waals surface area contributed by atoms with Gasteiger partial charge in [-0.3, -0.25) is 9.69 Å². The van der Waals surface area contributed by atoms with Crippen LogP contribution in [0.1, 0.15) is 12.7 Å². The molecular weight excluding hydrogens is 348 g/mol. The number of amidine groups is 1. The molecule has 6 nitrogen and oxygen atoms in total. The van der Waals surface area contributed by atoms with Crippen molar-refractivity contribution >= 4 is 38.9 Å². The Morgan fingerprint density at radius 3 is 2.58 bits per heavy atom. The lowest BCUT2D eigenvalue weighted by Crippen LogP contribution is -2.29. The summed E-state index contributed by atoms with van der Waals surface area (Å²) < 4.78 is 33.9. The van der Waals surface area contributed by atoms with Crippen molar-refractivity contribution in [2.24, 2.45) is 4.40 Å². The summed E-state index contributed by atoms with van der Waals surface area (Å²) in [6, 6.07) is 11.3. The number of carbonyl (C=O) groups excluding carboxylic acids is 1. The highest BCUT2D eigenvalue weighted by Crippen LogP contribution is 2.33. The molecule has 0 spiro atoms. The topological polar surface area (TPSA) is 80.0 Å². The Hall–Kier alpha value is -2.32. The van der Waals surface area contributed by atoms with Crippen LogP contribution in [0.3, 0.4) is 0 Å². The van der Waals surface area contributed by atoms with E-state index < -0.39 is 10.0 Å². The van der Waals surface area contributed by atoms with Gasteiger partial charge in [0, 0.05) is 12.6 Å². The van der Waals surface area contributed by atoms with Crippen molar-refractivity contribution in [1.82, 2.24) is 4.90 Å². The smallest absolute Gasteiger partial charge is 0.284 e. The summed E-state index contributed by atoms with van der Waals surface area (Å²) >= 11 is 1.02. The molecule has 0 saturated carbocycles. The number of hydrogen-bond acceptors (Lipinski definition) is 5. The maximum atomic E-state index is 12.4. The zero-order valence-electron chi connectivity index (χ0n) is 12.7. The van der Waals surface area contributed by atoms with E-state index in [1.165, 1.54) is 23.3 Å². The summed E-state index contributed by atoms with van der Waals surface area (Å²) in [5.74, 6) is 0.231. The van der Waals surface area contributed by atoms with Crippen LogP contribution >= 0.6 is 11.8 Å². The Labute approximate surface area is 143 Å². The van der Waals surface area contributed by atoms with E-state index in [9.17, 15) is 13.2 Å². The largest absolute Gasteiger partial charge is 0.465 e. The summed E-state index contributed by atoms with van der Waals surface area (Å²) in [7, 11) is -3.87. The lowest BCUT2D eigenvalue weighted by atomic mass is 10.3. The average Bonchev–Trinajstić information content (AvgIpc) is 3.17. The molecule has 1 aliphatic rings. The lowest BCUT2D eigenvalue weighted by molar-refractivity contribution is -0.122. The van der Waals surface area contributed by atoms with Crippen LogP contribution in [-0.4, -0.2) is 30.9 Å². The second-order valence-electron chi connectivity index (χ2n) is 4.84. The molecule has 0 radical (unpaired) electrons. The third-order valence-electron chi connectivity index (χ3n) is 3.26. The van der Waals surface area contributed by atoms with Gasteiger partial charge in [0.25, 0.3) is 15.9 Å². The van der Waals surface area contributed by atoms with Gasteiger partial charge in [0.15, 0.2) is 5.17 Å². The van der Waals surface area contributed by atoms with Crippen molar-refractivity contribution in [2.75, 3.05) is 6.54 Å². The standard InChI is InChI=1S/C16H14N2O4S2/c1-2-18-15(19)14(11-12-7-6-10-22-12)23-16(18)17-24(20,21)13-8-4-3-5-9-13/h3-11H,2H2,1H3. The Balaban J connectivity index is 1.97. The van der Waals surface area contributed by atoms with Gasteiger partial charge in [0.05, 0.1) is 16.1 Å². The second kappa shape index (κ2) is 6.66. The van der Waals surface area contributed by atoms with Crippen LogP contribution in [0.15, 0.2) is 67.3 Å². The van der Waals surface area contributed by atoms with Gasteiger partial charge >= 0.3 is 0 Å².